The molecule has 14 heavy (non-hydrogen) atoms. The third-order valence-electron chi connectivity index (χ3n) is 2.80. The zero-order valence-corrected chi connectivity index (χ0v) is 8.44. The number of hydrogen-bond donors (Lipinski definition) is 1. The van der Waals surface area contributed by atoms with Crippen LogP contribution in [0.15, 0.2) is 24.3 Å². The molecule has 1 saturated heterocycles. The van der Waals surface area contributed by atoms with Crippen molar-refractivity contribution in [3.05, 3.63) is 29.8 Å². The van der Waals surface area contributed by atoms with E-state index < -0.39 is 0 Å². The second kappa shape index (κ2) is 3.98. The Morgan fingerprint density at radius 2 is 2.21 bits per heavy atom. The number of para-hydroxylation sites is 1. The van der Waals surface area contributed by atoms with Crippen LogP contribution in [0.5, 0.6) is 5.75 Å². The Morgan fingerprint density at radius 1 is 1.43 bits per heavy atom. The first-order valence-electron chi connectivity index (χ1n) is 4.94. The normalized spacial score (nSPS) is 22.6. The molecule has 0 spiro atoms. The molecule has 3 heteroatoms. The monoisotopic (exact) mass is 192 g/mol. The van der Waals surface area contributed by atoms with Crippen molar-refractivity contribution >= 4 is 0 Å². The Bertz CT molecular complexity index is 314. The van der Waals surface area contributed by atoms with E-state index in [2.05, 4.69) is 12.1 Å². The molecule has 1 fully saturated rings. The molecule has 0 aromatic heterocycles. The summed E-state index contributed by atoms with van der Waals surface area (Å²) in [5.74, 6) is 7.25. The molecule has 1 aliphatic rings. The number of nitrogens with zero attached hydrogens (tertiary/aromatic N) is 1. The van der Waals surface area contributed by atoms with E-state index in [1.807, 2.05) is 17.1 Å². The summed E-state index contributed by atoms with van der Waals surface area (Å²) in [6.45, 7) is 1.91. The Morgan fingerprint density at radius 3 is 2.86 bits per heavy atom. The van der Waals surface area contributed by atoms with Crippen LogP contribution >= 0.6 is 0 Å². The summed E-state index contributed by atoms with van der Waals surface area (Å²) in [5, 5.41) is 1.87. The van der Waals surface area contributed by atoms with Crippen molar-refractivity contribution in [2.75, 3.05) is 20.2 Å². The number of ether oxygens (including phenoxy) is 1. The number of methoxy groups -OCH3 is 1. The maximum atomic E-state index is 5.75. The molecule has 1 atom stereocenters. The Labute approximate surface area is 84.4 Å². The first-order valence-corrected chi connectivity index (χ1v) is 4.94. The van der Waals surface area contributed by atoms with Gasteiger partial charge in [-0.1, -0.05) is 18.2 Å². The standard InChI is InChI=1S/C11H16N2O/c1-14-11-5-3-2-4-10(11)9-6-7-13(12)8-9/h2-5,9H,6-8,12H2,1H3. The van der Waals surface area contributed by atoms with Crippen LogP contribution < -0.4 is 10.6 Å². The largest absolute Gasteiger partial charge is 0.496 e. The van der Waals surface area contributed by atoms with Crippen LogP contribution in [-0.4, -0.2) is 25.2 Å². The first-order chi connectivity index (χ1) is 6.81. The summed E-state index contributed by atoms with van der Waals surface area (Å²) < 4.78 is 5.33. The van der Waals surface area contributed by atoms with E-state index >= 15 is 0 Å². The van der Waals surface area contributed by atoms with Gasteiger partial charge in [0.15, 0.2) is 0 Å². The smallest absolute Gasteiger partial charge is 0.122 e. The fourth-order valence-corrected chi connectivity index (χ4v) is 2.04. The average Bonchev–Trinajstić information content (AvgIpc) is 2.65. The third-order valence-corrected chi connectivity index (χ3v) is 2.80. The number of hydrogen-bond acceptors (Lipinski definition) is 3. The zero-order valence-electron chi connectivity index (χ0n) is 8.44. The molecule has 1 aromatic rings. The van der Waals surface area contributed by atoms with Crippen LogP contribution in [0.25, 0.3) is 0 Å². The average molecular weight is 192 g/mol. The van der Waals surface area contributed by atoms with Crippen LogP contribution in [0.1, 0.15) is 17.9 Å². The van der Waals surface area contributed by atoms with Gasteiger partial charge in [0.05, 0.1) is 7.11 Å². The van der Waals surface area contributed by atoms with Crippen LogP contribution in [0.2, 0.25) is 0 Å². The van der Waals surface area contributed by atoms with E-state index in [9.17, 15) is 0 Å². The molecule has 0 bridgehead atoms. The van der Waals surface area contributed by atoms with Gasteiger partial charge in [0.2, 0.25) is 0 Å². The van der Waals surface area contributed by atoms with Gasteiger partial charge in [-0.3, -0.25) is 5.84 Å². The maximum absolute atomic E-state index is 5.75. The molecule has 0 amide bonds. The number of benzene rings is 1. The number of rotatable bonds is 2. The molecular formula is C11H16N2O. The van der Waals surface area contributed by atoms with Gasteiger partial charge in [0.25, 0.3) is 0 Å². The van der Waals surface area contributed by atoms with Crippen molar-refractivity contribution in [2.45, 2.75) is 12.3 Å². The highest BCUT2D eigenvalue weighted by molar-refractivity contribution is 5.36. The summed E-state index contributed by atoms with van der Waals surface area (Å²) in [4.78, 5) is 0. The maximum Gasteiger partial charge on any atom is 0.122 e. The molecule has 0 aliphatic carbocycles. The van der Waals surface area contributed by atoms with Gasteiger partial charge in [0, 0.05) is 19.0 Å². The van der Waals surface area contributed by atoms with Crippen molar-refractivity contribution < 1.29 is 4.74 Å². The molecule has 2 N–H and O–H groups in total. The first kappa shape index (κ1) is 9.49. The van der Waals surface area contributed by atoms with Crippen molar-refractivity contribution in [1.29, 1.82) is 0 Å². The minimum atomic E-state index is 0.524. The molecule has 1 aliphatic heterocycles. The van der Waals surface area contributed by atoms with Gasteiger partial charge in [-0.15, -0.1) is 0 Å². The lowest BCUT2D eigenvalue weighted by atomic mass is 9.97. The summed E-state index contributed by atoms with van der Waals surface area (Å²) in [5.41, 5.74) is 1.28. The molecule has 1 unspecified atom stereocenters. The van der Waals surface area contributed by atoms with Gasteiger partial charge in [-0.2, -0.15) is 0 Å². The van der Waals surface area contributed by atoms with E-state index in [4.69, 9.17) is 10.6 Å². The predicted octanol–water partition coefficient (Wildman–Crippen LogP) is 1.36. The quantitative estimate of drug-likeness (QED) is 0.719. The van der Waals surface area contributed by atoms with Crippen molar-refractivity contribution in [2.24, 2.45) is 5.84 Å². The van der Waals surface area contributed by atoms with E-state index in [0.717, 1.165) is 25.3 Å². The minimum Gasteiger partial charge on any atom is -0.496 e. The number of nitrogens with two attached hydrogens (primary N) is 1. The number of hydrazine groups is 1. The van der Waals surface area contributed by atoms with E-state index in [1.54, 1.807) is 7.11 Å². The predicted molar refractivity (Wildman–Crippen MR) is 56.1 cm³/mol. The summed E-state index contributed by atoms with van der Waals surface area (Å²) in [6.07, 6.45) is 1.12. The van der Waals surface area contributed by atoms with Crippen molar-refractivity contribution in [3.8, 4) is 5.75 Å². The van der Waals surface area contributed by atoms with Crippen LogP contribution in [0.4, 0.5) is 0 Å². The van der Waals surface area contributed by atoms with E-state index in [0.29, 0.717) is 5.92 Å². The van der Waals surface area contributed by atoms with E-state index in [-0.39, 0.29) is 0 Å². The lowest BCUT2D eigenvalue weighted by molar-refractivity contribution is 0.347. The van der Waals surface area contributed by atoms with Gasteiger partial charge in [0.1, 0.15) is 5.75 Å². The summed E-state index contributed by atoms with van der Waals surface area (Å²) in [7, 11) is 1.72. The molecule has 0 saturated carbocycles. The molecule has 1 heterocycles. The van der Waals surface area contributed by atoms with Gasteiger partial charge in [-0.25, -0.2) is 5.01 Å². The molecular weight excluding hydrogens is 176 g/mol. The van der Waals surface area contributed by atoms with Gasteiger partial charge < -0.3 is 4.74 Å². The second-order valence-electron chi connectivity index (χ2n) is 3.72. The lowest BCUT2D eigenvalue weighted by Crippen LogP contribution is -2.27. The van der Waals surface area contributed by atoms with Crippen molar-refractivity contribution in [1.82, 2.24) is 5.01 Å². The van der Waals surface area contributed by atoms with E-state index in [1.165, 1.54) is 5.56 Å². The fourth-order valence-electron chi connectivity index (χ4n) is 2.04. The fraction of sp³-hybridized carbons (Fsp3) is 0.455. The van der Waals surface area contributed by atoms with Crippen LogP contribution in [0, 0.1) is 0 Å². The molecule has 3 nitrogen and oxygen atoms in total. The summed E-state index contributed by atoms with van der Waals surface area (Å²) in [6, 6.07) is 8.19. The highest BCUT2D eigenvalue weighted by Gasteiger charge is 2.23. The minimum absolute atomic E-state index is 0.524. The Hall–Kier alpha value is -1.06. The highest BCUT2D eigenvalue weighted by Crippen LogP contribution is 2.31. The molecule has 1 aromatic carbocycles. The SMILES string of the molecule is COc1ccccc1C1CCN(N)C1. The van der Waals surface area contributed by atoms with Gasteiger partial charge in [-0.05, 0) is 18.1 Å². The van der Waals surface area contributed by atoms with Crippen LogP contribution in [-0.2, 0) is 0 Å². The third kappa shape index (κ3) is 1.74. The molecule has 76 valence electrons. The topological polar surface area (TPSA) is 38.5 Å². The summed E-state index contributed by atoms with van der Waals surface area (Å²) >= 11 is 0. The van der Waals surface area contributed by atoms with Gasteiger partial charge >= 0.3 is 0 Å². The van der Waals surface area contributed by atoms with Crippen molar-refractivity contribution in [3.63, 3.8) is 0 Å². The highest BCUT2D eigenvalue weighted by atomic mass is 16.5. The van der Waals surface area contributed by atoms with Crippen LogP contribution in [0.3, 0.4) is 0 Å². The second-order valence-corrected chi connectivity index (χ2v) is 3.72. The zero-order chi connectivity index (χ0) is 9.97. The molecule has 0 radical (unpaired) electrons. The Kier molecular flexibility index (Phi) is 2.70. The Balaban J connectivity index is 2.22. The lowest BCUT2D eigenvalue weighted by Gasteiger charge is -2.14. The molecule has 2 rings (SSSR count).